The van der Waals surface area contributed by atoms with E-state index in [0.29, 0.717) is 17.8 Å². The summed E-state index contributed by atoms with van der Waals surface area (Å²) in [4.78, 5) is 26.2. The molecule has 0 N–H and O–H groups in total. The Kier molecular flexibility index (Phi) is 5.17. The number of nitrogens with zero attached hydrogens (tertiary/aromatic N) is 5. The first-order chi connectivity index (χ1) is 12.2. The number of amides is 1. The third-order valence-corrected chi connectivity index (χ3v) is 4.00. The van der Waals surface area contributed by atoms with Crippen LogP contribution in [0.15, 0.2) is 42.4 Å². The van der Waals surface area contributed by atoms with Crippen LogP contribution in [0.25, 0.3) is 5.69 Å². The predicted octanol–water partition coefficient (Wildman–Crippen LogP) is 1.74. The number of likely N-dealkylation sites (N-methyl/N-ethyl adjacent to an activating group) is 1. The number of hydrogen-bond acceptors (Lipinski definition) is 6. The van der Waals surface area contributed by atoms with Gasteiger partial charge in [0.15, 0.2) is 6.61 Å². The molecule has 25 heavy (non-hydrogen) atoms. The zero-order valence-electron chi connectivity index (χ0n) is 14.0. The SMILES string of the molecule is CCN(C(=O)COC(=O)c1cccc(-n2cnnn2)c1)C1=CCCC1. The number of benzene rings is 1. The molecular formula is C17H19N5O3. The van der Waals surface area contributed by atoms with Crippen LogP contribution in [0.1, 0.15) is 36.5 Å². The van der Waals surface area contributed by atoms with Gasteiger partial charge in [-0.15, -0.1) is 5.10 Å². The summed E-state index contributed by atoms with van der Waals surface area (Å²) in [5.74, 6) is -0.764. The molecule has 0 radical (unpaired) electrons. The van der Waals surface area contributed by atoms with Crippen molar-refractivity contribution in [2.45, 2.75) is 26.2 Å². The molecule has 8 heteroatoms. The molecule has 2 aromatic rings. The summed E-state index contributed by atoms with van der Waals surface area (Å²) < 4.78 is 6.62. The van der Waals surface area contributed by atoms with Gasteiger partial charge in [-0.25, -0.2) is 9.48 Å². The Morgan fingerprint density at radius 2 is 2.24 bits per heavy atom. The van der Waals surface area contributed by atoms with E-state index in [0.717, 1.165) is 25.0 Å². The quantitative estimate of drug-likeness (QED) is 0.743. The number of allylic oxidation sites excluding steroid dienone is 2. The maximum atomic E-state index is 12.3. The van der Waals surface area contributed by atoms with Gasteiger partial charge in [0.05, 0.1) is 11.3 Å². The molecule has 3 rings (SSSR count). The third-order valence-electron chi connectivity index (χ3n) is 4.00. The lowest BCUT2D eigenvalue weighted by atomic mass is 10.2. The van der Waals surface area contributed by atoms with Crippen LogP contribution in [0.3, 0.4) is 0 Å². The predicted molar refractivity (Wildman–Crippen MR) is 88.8 cm³/mol. The fourth-order valence-electron chi connectivity index (χ4n) is 2.78. The van der Waals surface area contributed by atoms with Gasteiger partial charge in [0.25, 0.3) is 5.91 Å². The Balaban J connectivity index is 1.62. The molecule has 130 valence electrons. The summed E-state index contributed by atoms with van der Waals surface area (Å²) in [5, 5.41) is 10.9. The first-order valence-electron chi connectivity index (χ1n) is 8.19. The molecule has 1 amide bonds. The number of rotatable bonds is 6. The number of ether oxygens (including phenoxy) is 1. The highest BCUT2D eigenvalue weighted by atomic mass is 16.5. The second kappa shape index (κ2) is 7.69. The van der Waals surface area contributed by atoms with Crippen molar-refractivity contribution >= 4 is 11.9 Å². The van der Waals surface area contributed by atoms with Crippen molar-refractivity contribution in [1.29, 1.82) is 0 Å². The van der Waals surface area contributed by atoms with E-state index < -0.39 is 5.97 Å². The smallest absolute Gasteiger partial charge is 0.338 e. The van der Waals surface area contributed by atoms with Gasteiger partial charge in [-0.05, 0) is 54.8 Å². The minimum Gasteiger partial charge on any atom is -0.452 e. The van der Waals surface area contributed by atoms with E-state index in [9.17, 15) is 9.59 Å². The molecule has 1 aliphatic carbocycles. The first kappa shape index (κ1) is 16.8. The Hall–Kier alpha value is -3.03. The van der Waals surface area contributed by atoms with Crippen LogP contribution in [0.2, 0.25) is 0 Å². The fourth-order valence-corrected chi connectivity index (χ4v) is 2.78. The zero-order chi connectivity index (χ0) is 17.6. The second-order valence-corrected chi connectivity index (χ2v) is 5.61. The molecule has 0 fully saturated rings. The van der Waals surface area contributed by atoms with Crippen molar-refractivity contribution in [3.05, 3.63) is 47.9 Å². The van der Waals surface area contributed by atoms with Crippen molar-refractivity contribution in [2.75, 3.05) is 13.2 Å². The van der Waals surface area contributed by atoms with Crippen molar-refractivity contribution < 1.29 is 14.3 Å². The van der Waals surface area contributed by atoms with Gasteiger partial charge in [0, 0.05) is 12.2 Å². The Morgan fingerprint density at radius 1 is 1.36 bits per heavy atom. The van der Waals surface area contributed by atoms with Crippen LogP contribution in [-0.2, 0) is 9.53 Å². The Bertz CT molecular complexity index is 785. The molecule has 1 heterocycles. The summed E-state index contributed by atoms with van der Waals surface area (Å²) in [6, 6.07) is 6.71. The monoisotopic (exact) mass is 341 g/mol. The highest BCUT2D eigenvalue weighted by molar-refractivity contribution is 5.92. The molecule has 0 aliphatic heterocycles. The van der Waals surface area contributed by atoms with E-state index in [1.807, 2.05) is 6.92 Å². The van der Waals surface area contributed by atoms with Gasteiger partial charge in [-0.2, -0.15) is 0 Å². The molecular weight excluding hydrogens is 322 g/mol. The number of carbonyl (C=O) groups is 2. The third kappa shape index (κ3) is 3.90. The molecule has 0 saturated heterocycles. The van der Waals surface area contributed by atoms with E-state index in [4.69, 9.17) is 4.74 Å². The maximum absolute atomic E-state index is 12.3. The molecule has 0 atom stereocenters. The van der Waals surface area contributed by atoms with Crippen molar-refractivity contribution in [3.63, 3.8) is 0 Å². The summed E-state index contributed by atoms with van der Waals surface area (Å²) in [7, 11) is 0. The standard InChI is InChI=1S/C17H19N5O3/c1-2-21(14-7-3-4-8-14)16(23)11-25-17(24)13-6-5-9-15(10-13)22-12-18-19-20-22/h5-7,9-10,12H,2-4,8,11H2,1H3. The largest absolute Gasteiger partial charge is 0.452 e. The minimum absolute atomic E-state index is 0.208. The Labute approximate surface area is 145 Å². The summed E-state index contributed by atoms with van der Waals surface area (Å²) >= 11 is 0. The summed E-state index contributed by atoms with van der Waals surface area (Å²) in [5.41, 5.74) is 1.99. The minimum atomic E-state index is -0.556. The number of esters is 1. The summed E-state index contributed by atoms with van der Waals surface area (Å²) in [6.45, 7) is 2.20. The molecule has 8 nitrogen and oxygen atoms in total. The second-order valence-electron chi connectivity index (χ2n) is 5.61. The first-order valence-corrected chi connectivity index (χ1v) is 8.19. The van der Waals surface area contributed by atoms with Crippen molar-refractivity contribution in [2.24, 2.45) is 0 Å². The molecule has 1 aliphatic rings. The van der Waals surface area contributed by atoms with E-state index in [1.165, 1.54) is 11.0 Å². The molecule has 1 aromatic carbocycles. The van der Waals surface area contributed by atoms with Crippen LogP contribution in [0, 0.1) is 0 Å². The van der Waals surface area contributed by atoms with E-state index in [1.54, 1.807) is 29.2 Å². The lowest BCUT2D eigenvalue weighted by Crippen LogP contribution is -2.33. The van der Waals surface area contributed by atoms with E-state index in [-0.39, 0.29) is 12.5 Å². The highest BCUT2D eigenvalue weighted by Crippen LogP contribution is 2.21. The van der Waals surface area contributed by atoms with Gasteiger partial charge in [0.2, 0.25) is 0 Å². The summed E-state index contributed by atoms with van der Waals surface area (Å²) in [6.07, 6.45) is 6.44. The van der Waals surface area contributed by atoms with Gasteiger partial charge in [-0.1, -0.05) is 12.1 Å². The van der Waals surface area contributed by atoms with E-state index in [2.05, 4.69) is 21.6 Å². The fraction of sp³-hybridized carbons (Fsp3) is 0.353. The average molecular weight is 341 g/mol. The van der Waals surface area contributed by atoms with Crippen molar-refractivity contribution in [1.82, 2.24) is 25.1 Å². The normalized spacial score (nSPS) is 13.4. The van der Waals surface area contributed by atoms with Gasteiger partial charge in [-0.3, -0.25) is 4.79 Å². The molecule has 0 spiro atoms. The number of hydrogen-bond donors (Lipinski definition) is 0. The topological polar surface area (TPSA) is 90.2 Å². The number of carbonyl (C=O) groups excluding carboxylic acids is 2. The molecule has 1 aromatic heterocycles. The van der Waals surface area contributed by atoms with Gasteiger partial charge in [0.1, 0.15) is 6.33 Å². The molecule has 0 bridgehead atoms. The van der Waals surface area contributed by atoms with Crippen LogP contribution < -0.4 is 0 Å². The molecule has 0 saturated carbocycles. The van der Waals surface area contributed by atoms with Crippen LogP contribution in [-0.4, -0.2) is 50.1 Å². The zero-order valence-corrected chi connectivity index (χ0v) is 14.0. The van der Waals surface area contributed by atoms with Crippen molar-refractivity contribution in [3.8, 4) is 5.69 Å². The van der Waals surface area contributed by atoms with Gasteiger partial charge < -0.3 is 9.64 Å². The van der Waals surface area contributed by atoms with Gasteiger partial charge >= 0.3 is 5.97 Å². The molecule has 0 unspecified atom stereocenters. The lowest BCUT2D eigenvalue weighted by Gasteiger charge is -2.22. The lowest BCUT2D eigenvalue weighted by molar-refractivity contribution is -0.132. The number of tetrazole rings is 1. The average Bonchev–Trinajstić information content (AvgIpc) is 3.34. The van der Waals surface area contributed by atoms with Crippen LogP contribution >= 0.6 is 0 Å². The Morgan fingerprint density at radius 3 is 2.92 bits per heavy atom. The highest BCUT2D eigenvalue weighted by Gasteiger charge is 2.20. The maximum Gasteiger partial charge on any atom is 0.338 e. The van der Waals surface area contributed by atoms with E-state index >= 15 is 0 Å². The number of aromatic nitrogens is 4. The van der Waals surface area contributed by atoms with Crippen LogP contribution in [0.5, 0.6) is 0 Å². The van der Waals surface area contributed by atoms with Crippen LogP contribution in [0.4, 0.5) is 0 Å².